The third-order valence-corrected chi connectivity index (χ3v) is 11.7. The molecule has 0 unspecified atom stereocenters. The van der Waals surface area contributed by atoms with Crippen molar-refractivity contribution < 1.29 is 0 Å². The number of rotatable bonds is 8. The van der Waals surface area contributed by atoms with E-state index in [2.05, 4.69) is 231 Å². The first-order valence-electron chi connectivity index (χ1n) is 19.8. The van der Waals surface area contributed by atoms with Crippen LogP contribution < -0.4 is 10.6 Å². The molecule has 0 saturated heterocycles. The van der Waals surface area contributed by atoms with Crippen LogP contribution in [0.2, 0.25) is 0 Å². The van der Waals surface area contributed by atoms with Crippen molar-refractivity contribution in [1.29, 1.82) is 0 Å². The Bertz CT molecular complexity index is 2930. The van der Waals surface area contributed by atoms with Crippen molar-refractivity contribution in [2.45, 2.75) is 19.3 Å². The Morgan fingerprint density at radius 2 is 0.877 bits per heavy atom. The fraction of sp³-hybridized carbons (Fsp3) is 0.0545. The summed E-state index contributed by atoms with van der Waals surface area (Å²) in [6.07, 6.45) is 0. The normalized spacial score (nSPS) is 12.5. The van der Waals surface area contributed by atoms with E-state index in [1.165, 1.54) is 55.3 Å². The molecule has 0 aromatic heterocycles. The molecule has 0 atom stereocenters. The first-order chi connectivity index (χ1) is 28.0. The highest BCUT2D eigenvalue weighted by Crippen LogP contribution is 2.50. The Kier molecular flexibility index (Phi) is 8.53. The number of nitrogens with one attached hydrogen (secondary N) is 2. The van der Waals surface area contributed by atoms with Crippen molar-refractivity contribution in [3.05, 3.63) is 217 Å². The molecule has 1 aliphatic rings. The van der Waals surface area contributed by atoms with Gasteiger partial charge in [-0.3, -0.25) is 0 Å². The molecule has 9 aromatic rings. The van der Waals surface area contributed by atoms with Gasteiger partial charge in [0.25, 0.3) is 0 Å². The fourth-order valence-corrected chi connectivity index (χ4v) is 8.71. The predicted molar refractivity (Wildman–Crippen MR) is 243 cm³/mol. The quantitative estimate of drug-likeness (QED) is 0.163. The van der Waals surface area contributed by atoms with Crippen LogP contribution in [0.4, 0.5) is 22.7 Å². The number of fused-ring (bicyclic) bond motifs is 4. The van der Waals surface area contributed by atoms with Gasteiger partial charge < -0.3 is 10.6 Å². The Morgan fingerprint density at radius 1 is 0.316 bits per heavy atom. The summed E-state index contributed by atoms with van der Waals surface area (Å²) in [7, 11) is 0. The maximum Gasteiger partial charge on any atom is 0.0464 e. The van der Waals surface area contributed by atoms with Crippen LogP contribution in [0.15, 0.2) is 206 Å². The van der Waals surface area contributed by atoms with Gasteiger partial charge in [-0.25, -0.2) is 0 Å². The summed E-state index contributed by atoms with van der Waals surface area (Å²) in [6.45, 7) is 4.68. The zero-order chi connectivity index (χ0) is 38.3. The Hall–Kier alpha value is -7.16. The summed E-state index contributed by atoms with van der Waals surface area (Å²) in [5, 5.41) is 10.0. The molecule has 0 bridgehead atoms. The van der Waals surface area contributed by atoms with Gasteiger partial charge in [0.15, 0.2) is 0 Å². The molecule has 2 heteroatoms. The smallest absolute Gasteiger partial charge is 0.0464 e. The molecule has 0 aliphatic heterocycles. The van der Waals surface area contributed by atoms with E-state index in [4.69, 9.17) is 0 Å². The second kappa shape index (κ2) is 14.2. The molecular weight excluding hydrogens is 689 g/mol. The van der Waals surface area contributed by atoms with Crippen LogP contribution in [0.1, 0.15) is 25.0 Å². The van der Waals surface area contributed by atoms with Crippen molar-refractivity contribution >= 4 is 33.5 Å². The fourth-order valence-electron chi connectivity index (χ4n) is 8.71. The Balaban J connectivity index is 1.06. The van der Waals surface area contributed by atoms with Gasteiger partial charge in [0.2, 0.25) is 0 Å². The molecule has 272 valence electrons. The Labute approximate surface area is 335 Å². The molecule has 0 fully saturated rings. The number of hydrogen-bond donors (Lipinski definition) is 2. The summed E-state index contributed by atoms with van der Waals surface area (Å²) < 4.78 is 0. The molecule has 2 N–H and O–H groups in total. The van der Waals surface area contributed by atoms with E-state index in [1.807, 2.05) is 0 Å². The highest BCUT2D eigenvalue weighted by molar-refractivity contribution is 5.97. The highest BCUT2D eigenvalue weighted by atomic mass is 14.9. The predicted octanol–water partition coefficient (Wildman–Crippen LogP) is 15.3. The first kappa shape index (κ1) is 34.3. The van der Waals surface area contributed by atoms with Gasteiger partial charge in [-0.15, -0.1) is 0 Å². The van der Waals surface area contributed by atoms with Crippen molar-refractivity contribution in [2.24, 2.45) is 0 Å². The van der Waals surface area contributed by atoms with Gasteiger partial charge in [0.1, 0.15) is 0 Å². The van der Waals surface area contributed by atoms with Crippen LogP contribution in [0, 0.1) is 0 Å². The van der Waals surface area contributed by atoms with Crippen LogP contribution in [0.25, 0.3) is 66.4 Å². The lowest BCUT2D eigenvalue weighted by Crippen LogP contribution is -2.14. The lowest BCUT2D eigenvalue weighted by Gasteiger charge is -2.21. The SMILES string of the molecule is CC1(C)c2ccccc2-c2cc(-c3cc(-c4cccc(-c5ccccc5Nc5cccc6ccccc56)c4)ccc3Nc3cccc(-c4ccccc4)c3)ccc21. The summed E-state index contributed by atoms with van der Waals surface area (Å²) >= 11 is 0. The molecule has 2 nitrogen and oxygen atoms in total. The van der Waals surface area contributed by atoms with Crippen LogP contribution >= 0.6 is 0 Å². The number of anilines is 4. The minimum atomic E-state index is -0.0511. The summed E-state index contributed by atoms with van der Waals surface area (Å²) in [4.78, 5) is 0. The van der Waals surface area contributed by atoms with E-state index in [-0.39, 0.29) is 5.41 Å². The number of para-hydroxylation sites is 1. The standard InChI is InChI=1S/C55H42N2/c1-55(2)50-26-10-8-25-47(50)49-36-43(29-31-51(49)55)48-35-41(30-32-54(48)56-44-22-13-20-40(34-44)37-15-4-3-5-16-37)39-19-12-21-42(33-39)46-24-9-11-27-52(46)57-53-28-14-18-38-17-6-7-23-45(38)53/h3-36,56-57H,1-2H3. The van der Waals surface area contributed by atoms with Gasteiger partial charge in [-0.1, -0.05) is 172 Å². The molecule has 0 spiro atoms. The van der Waals surface area contributed by atoms with Crippen molar-refractivity contribution in [2.75, 3.05) is 10.6 Å². The molecule has 1 aliphatic carbocycles. The van der Waals surface area contributed by atoms with Crippen molar-refractivity contribution in [3.8, 4) is 55.6 Å². The van der Waals surface area contributed by atoms with E-state index in [1.54, 1.807) is 0 Å². The van der Waals surface area contributed by atoms with Crippen molar-refractivity contribution in [1.82, 2.24) is 0 Å². The monoisotopic (exact) mass is 730 g/mol. The molecule has 0 saturated carbocycles. The molecule has 10 rings (SSSR count). The second-order valence-electron chi connectivity index (χ2n) is 15.5. The summed E-state index contributed by atoms with van der Waals surface area (Å²) in [6, 6.07) is 74.5. The first-order valence-corrected chi connectivity index (χ1v) is 19.8. The third-order valence-electron chi connectivity index (χ3n) is 11.7. The average Bonchev–Trinajstić information content (AvgIpc) is 3.50. The van der Waals surface area contributed by atoms with Gasteiger partial charge in [-0.2, -0.15) is 0 Å². The second-order valence-corrected chi connectivity index (χ2v) is 15.5. The van der Waals surface area contributed by atoms with E-state index < -0.39 is 0 Å². The minimum Gasteiger partial charge on any atom is -0.355 e. The van der Waals surface area contributed by atoms with Gasteiger partial charge >= 0.3 is 0 Å². The van der Waals surface area contributed by atoms with Crippen LogP contribution in [0.5, 0.6) is 0 Å². The average molecular weight is 731 g/mol. The van der Waals surface area contributed by atoms with Crippen LogP contribution in [0.3, 0.4) is 0 Å². The molecular formula is C55H42N2. The van der Waals surface area contributed by atoms with E-state index in [0.717, 1.165) is 45.0 Å². The van der Waals surface area contributed by atoms with Gasteiger partial charge in [0.05, 0.1) is 0 Å². The highest BCUT2D eigenvalue weighted by Gasteiger charge is 2.35. The topological polar surface area (TPSA) is 24.1 Å². The van der Waals surface area contributed by atoms with E-state index in [9.17, 15) is 0 Å². The third kappa shape index (κ3) is 6.36. The summed E-state index contributed by atoms with van der Waals surface area (Å²) in [5.74, 6) is 0. The maximum atomic E-state index is 3.84. The van der Waals surface area contributed by atoms with Crippen molar-refractivity contribution in [3.63, 3.8) is 0 Å². The van der Waals surface area contributed by atoms with Crippen LogP contribution in [-0.4, -0.2) is 0 Å². The molecule has 0 amide bonds. The molecule has 57 heavy (non-hydrogen) atoms. The molecule has 9 aromatic carbocycles. The van der Waals surface area contributed by atoms with E-state index in [0.29, 0.717) is 0 Å². The largest absolute Gasteiger partial charge is 0.355 e. The van der Waals surface area contributed by atoms with Gasteiger partial charge in [-0.05, 0) is 110 Å². The molecule has 0 radical (unpaired) electrons. The lowest BCUT2D eigenvalue weighted by molar-refractivity contribution is 0.660. The molecule has 0 heterocycles. The lowest BCUT2D eigenvalue weighted by atomic mass is 9.82. The van der Waals surface area contributed by atoms with E-state index >= 15 is 0 Å². The maximum absolute atomic E-state index is 3.84. The minimum absolute atomic E-state index is 0.0511. The Morgan fingerprint density at radius 3 is 1.77 bits per heavy atom. The summed E-state index contributed by atoms with van der Waals surface area (Å²) in [5.41, 5.74) is 19.0. The zero-order valence-corrected chi connectivity index (χ0v) is 32.1. The van der Waals surface area contributed by atoms with Gasteiger partial charge in [0, 0.05) is 44.7 Å². The number of benzene rings is 9. The zero-order valence-electron chi connectivity index (χ0n) is 32.1. The number of hydrogen-bond acceptors (Lipinski definition) is 2. The van der Waals surface area contributed by atoms with Crippen LogP contribution in [-0.2, 0) is 5.41 Å².